The van der Waals surface area contributed by atoms with Crippen LogP contribution in [0.1, 0.15) is 35.5 Å². The van der Waals surface area contributed by atoms with Gasteiger partial charge in [-0.25, -0.2) is 4.98 Å². The summed E-state index contributed by atoms with van der Waals surface area (Å²) in [6.45, 7) is 3.41. The first kappa shape index (κ1) is 14.8. The number of thiophene rings is 1. The zero-order chi connectivity index (χ0) is 15.8. The maximum Gasteiger partial charge on any atom is 0.227 e. The Kier molecular flexibility index (Phi) is 3.90. The predicted molar refractivity (Wildman–Crippen MR) is 86.1 cm³/mol. The van der Waals surface area contributed by atoms with Crippen LogP contribution in [0.4, 0.5) is 0 Å². The van der Waals surface area contributed by atoms with Crippen molar-refractivity contribution in [2.45, 2.75) is 38.4 Å². The van der Waals surface area contributed by atoms with Crippen LogP contribution in [0.2, 0.25) is 0 Å². The molecule has 0 bridgehead atoms. The molecule has 2 aliphatic rings. The van der Waals surface area contributed by atoms with Crippen LogP contribution in [0.15, 0.2) is 17.5 Å². The van der Waals surface area contributed by atoms with E-state index in [-0.39, 0.29) is 18.1 Å². The molecule has 7 heteroatoms. The number of aromatic nitrogens is 3. The molecule has 0 radical (unpaired) electrons. The monoisotopic (exact) mass is 332 g/mol. The summed E-state index contributed by atoms with van der Waals surface area (Å²) in [4.78, 5) is 19.9. The number of carbonyl (C=O) groups excluding carboxylic acids is 1. The summed E-state index contributed by atoms with van der Waals surface area (Å²) in [5.41, 5.74) is 0. The van der Waals surface area contributed by atoms with Gasteiger partial charge in [-0.05, 0) is 37.1 Å². The summed E-state index contributed by atoms with van der Waals surface area (Å²) in [5.74, 6) is 2.26. The molecule has 6 nitrogen and oxygen atoms in total. The molecule has 4 heterocycles. The van der Waals surface area contributed by atoms with Gasteiger partial charge in [0, 0.05) is 18.0 Å². The first-order valence-electron chi connectivity index (χ1n) is 8.03. The highest BCUT2D eigenvalue weighted by Crippen LogP contribution is 2.39. The number of nitrogens with zero attached hydrogens (tertiary/aromatic N) is 3. The number of ether oxygens (including phenoxy) is 1. The number of rotatable bonds is 3. The minimum atomic E-state index is -0.0395. The lowest BCUT2D eigenvalue weighted by Crippen LogP contribution is -2.45. The third kappa shape index (κ3) is 3.03. The van der Waals surface area contributed by atoms with E-state index in [9.17, 15) is 4.79 Å². The zero-order valence-corrected chi connectivity index (χ0v) is 13.9. The highest BCUT2D eigenvalue weighted by Gasteiger charge is 2.41. The van der Waals surface area contributed by atoms with Gasteiger partial charge >= 0.3 is 0 Å². The van der Waals surface area contributed by atoms with Gasteiger partial charge < -0.3 is 9.64 Å². The number of H-pyrrole nitrogens is 1. The Labute approximate surface area is 138 Å². The molecule has 2 fully saturated rings. The average Bonchev–Trinajstić information content (AvgIpc) is 3.25. The molecule has 0 saturated carbocycles. The van der Waals surface area contributed by atoms with Crippen molar-refractivity contribution in [2.75, 3.05) is 13.1 Å². The van der Waals surface area contributed by atoms with Crippen LogP contribution in [-0.4, -0.2) is 45.2 Å². The highest BCUT2D eigenvalue weighted by atomic mass is 32.1. The Balaban J connectivity index is 1.38. The van der Waals surface area contributed by atoms with Gasteiger partial charge in [0.25, 0.3) is 0 Å². The van der Waals surface area contributed by atoms with Crippen molar-refractivity contribution in [1.29, 1.82) is 0 Å². The number of hydrogen-bond donors (Lipinski definition) is 1. The van der Waals surface area contributed by atoms with E-state index in [2.05, 4.69) is 15.2 Å². The minimum Gasteiger partial charge on any atom is -0.365 e. The second-order valence-electron chi connectivity index (χ2n) is 6.32. The van der Waals surface area contributed by atoms with Crippen LogP contribution < -0.4 is 0 Å². The Morgan fingerprint density at radius 3 is 3.22 bits per heavy atom. The predicted octanol–water partition coefficient (Wildman–Crippen LogP) is 2.10. The molecule has 0 aromatic carbocycles. The summed E-state index contributed by atoms with van der Waals surface area (Å²) < 4.78 is 6.14. The fourth-order valence-corrected chi connectivity index (χ4v) is 4.20. The highest BCUT2D eigenvalue weighted by molar-refractivity contribution is 7.10. The van der Waals surface area contributed by atoms with Gasteiger partial charge in [0.1, 0.15) is 11.9 Å². The van der Waals surface area contributed by atoms with Crippen molar-refractivity contribution in [3.63, 3.8) is 0 Å². The van der Waals surface area contributed by atoms with E-state index in [1.54, 1.807) is 11.3 Å². The van der Waals surface area contributed by atoms with Crippen molar-refractivity contribution in [2.24, 2.45) is 5.92 Å². The number of fused-ring (bicyclic) bond motifs is 1. The van der Waals surface area contributed by atoms with E-state index >= 15 is 0 Å². The minimum absolute atomic E-state index is 0.0395. The summed E-state index contributed by atoms with van der Waals surface area (Å²) in [6.07, 6.45) is 2.52. The SMILES string of the molecule is Cc1nc([C@@H]2C[C@H]3CCN(C(=O)Cc4cccs4)C[C@@H]3O2)n[nH]1. The van der Waals surface area contributed by atoms with Crippen molar-refractivity contribution in [3.05, 3.63) is 34.0 Å². The van der Waals surface area contributed by atoms with E-state index in [0.717, 1.165) is 35.9 Å². The number of aromatic amines is 1. The first-order chi connectivity index (χ1) is 11.2. The molecule has 0 spiro atoms. The van der Waals surface area contributed by atoms with Gasteiger partial charge in [-0.2, -0.15) is 5.10 Å². The maximum atomic E-state index is 12.5. The first-order valence-corrected chi connectivity index (χ1v) is 8.91. The smallest absolute Gasteiger partial charge is 0.227 e. The summed E-state index contributed by atoms with van der Waals surface area (Å²) in [6, 6.07) is 4.01. The number of amides is 1. The molecule has 23 heavy (non-hydrogen) atoms. The standard InChI is InChI=1S/C16H20N4O2S/c1-10-17-16(19-18-10)13-7-11-4-5-20(9-14(11)22-13)15(21)8-12-3-2-6-23-12/h2-3,6,11,13-14H,4-5,7-9H2,1H3,(H,17,18,19)/t11-,13+,14+/m1/s1. The molecule has 1 N–H and O–H groups in total. The fourth-order valence-electron chi connectivity index (χ4n) is 3.50. The van der Waals surface area contributed by atoms with Crippen LogP contribution in [0.3, 0.4) is 0 Å². The van der Waals surface area contributed by atoms with Gasteiger partial charge in [0.05, 0.1) is 12.5 Å². The number of piperidine rings is 1. The van der Waals surface area contributed by atoms with Crippen LogP contribution >= 0.6 is 11.3 Å². The largest absolute Gasteiger partial charge is 0.365 e. The number of nitrogens with one attached hydrogen (secondary N) is 1. The number of aryl methyl sites for hydroxylation is 1. The molecule has 0 aliphatic carbocycles. The van der Waals surface area contributed by atoms with Gasteiger partial charge in [-0.1, -0.05) is 6.07 Å². The van der Waals surface area contributed by atoms with Gasteiger partial charge in [-0.3, -0.25) is 9.89 Å². The molecule has 2 aliphatic heterocycles. The molecule has 2 saturated heterocycles. The molecule has 2 aromatic rings. The molecule has 2 aromatic heterocycles. The third-order valence-corrected chi connectivity index (χ3v) is 5.59. The Morgan fingerprint density at radius 2 is 2.48 bits per heavy atom. The second-order valence-corrected chi connectivity index (χ2v) is 7.35. The van der Waals surface area contributed by atoms with Crippen LogP contribution in [0.25, 0.3) is 0 Å². The average molecular weight is 332 g/mol. The summed E-state index contributed by atoms with van der Waals surface area (Å²) in [5, 5.41) is 9.11. The summed E-state index contributed by atoms with van der Waals surface area (Å²) >= 11 is 1.64. The lowest BCUT2D eigenvalue weighted by atomic mass is 9.91. The Hall–Kier alpha value is -1.73. The molecular weight excluding hydrogens is 312 g/mol. The van der Waals surface area contributed by atoms with E-state index in [0.29, 0.717) is 18.9 Å². The second kappa shape index (κ2) is 6.05. The van der Waals surface area contributed by atoms with Crippen molar-refractivity contribution in [3.8, 4) is 0 Å². The molecule has 0 unspecified atom stereocenters. The lowest BCUT2D eigenvalue weighted by molar-refractivity contribution is -0.134. The van der Waals surface area contributed by atoms with Crippen LogP contribution in [0, 0.1) is 12.8 Å². The zero-order valence-electron chi connectivity index (χ0n) is 13.1. The van der Waals surface area contributed by atoms with Gasteiger partial charge in [0.2, 0.25) is 5.91 Å². The quantitative estimate of drug-likeness (QED) is 0.934. The van der Waals surface area contributed by atoms with Crippen LogP contribution in [-0.2, 0) is 16.0 Å². The van der Waals surface area contributed by atoms with E-state index in [1.165, 1.54) is 0 Å². The number of hydrogen-bond acceptors (Lipinski definition) is 5. The molecule has 4 rings (SSSR count). The summed E-state index contributed by atoms with van der Waals surface area (Å²) in [7, 11) is 0. The van der Waals surface area contributed by atoms with Gasteiger partial charge in [-0.15, -0.1) is 11.3 Å². The maximum absolute atomic E-state index is 12.5. The van der Waals surface area contributed by atoms with Crippen molar-refractivity contribution in [1.82, 2.24) is 20.1 Å². The third-order valence-electron chi connectivity index (χ3n) is 4.71. The Bertz CT molecular complexity index is 684. The van der Waals surface area contributed by atoms with E-state index in [4.69, 9.17) is 4.74 Å². The van der Waals surface area contributed by atoms with E-state index < -0.39 is 0 Å². The van der Waals surface area contributed by atoms with E-state index in [1.807, 2.05) is 29.3 Å². The molecule has 122 valence electrons. The van der Waals surface area contributed by atoms with Crippen molar-refractivity contribution >= 4 is 17.2 Å². The van der Waals surface area contributed by atoms with Gasteiger partial charge in [0.15, 0.2) is 5.82 Å². The Morgan fingerprint density at radius 1 is 1.57 bits per heavy atom. The normalized spacial score (nSPS) is 27.2. The molecular formula is C16H20N4O2S. The molecule has 3 atom stereocenters. The number of likely N-dealkylation sites (tertiary alicyclic amines) is 1. The van der Waals surface area contributed by atoms with Crippen molar-refractivity contribution < 1.29 is 9.53 Å². The molecule has 1 amide bonds. The lowest BCUT2D eigenvalue weighted by Gasteiger charge is -2.34. The van der Waals surface area contributed by atoms with Crippen LogP contribution in [0.5, 0.6) is 0 Å². The fraction of sp³-hybridized carbons (Fsp3) is 0.562. The topological polar surface area (TPSA) is 71.1 Å². The number of carbonyl (C=O) groups is 1.